The van der Waals surface area contributed by atoms with E-state index < -0.39 is 4.92 Å². The third-order valence-corrected chi connectivity index (χ3v) is 4.21. The van der Waals surface area contributed by atoms with Gasteiger partial charge < -0.3 is 4.90 Å². The predicted octanol–water partition coefficient (Wildman–Crippen LogP) is 1.59. The Morgan fingerprint density at radius 1 is 1.29 bits per heavy atom. The predicted molar refractivity (Wildman–Crippen MR) is 87.5 cm³/mol. The Kier molecular flexibility index (Phi) is 5.01. The number of rotatable bonds is 6. The minimum atomic E-state index is -0.501. The molecular weight excluding hydrogens is 312 g/mol. The molecule has 0 N–H and O–H groups in total. The third-order valence-electron chi connectivity index (χ3n) is 4.21. The lowest BCUT2D eigenvalue weighted by Gasteiger charge is -2.18. The molecule has 0 unspecified atom stereocenters. The smallest absolute Gasteiger partial charge is 0.309 e. The summed E-state index contributed by atoms with van der Waals surface area (Å²) in [5.41, 5.74) is 3.26. The highest BCUT2D eigenvalue weighted by Crippen LogP contribution is 2.17. The molecule has 0 saturated heterocycles. The Morgan fingerprint density at radius 2 is 1.96 bits per heavy atom. The Hall–Kier alpha value is -2.71. The van der Waals surface area contributed by atoms with Gasteiger partial charge in [-0.3, -0.25) is 24.3 Å². The fraction of sp³-hybridized carbons (Fsp3) is 0.533. The molecule has 0 aromatic carbocycles. The largest absolute Gasteiger partial charge is 0.340 e. The maximum absolute atomic E-state index is 12.4. The second-order valence-electron chi connectivity index (χ2n) is 5.74. The highest BCUT2D eigenvalue weighted by Gasteiger charge is 2.20. The number of nitro groups is 1. The molecule has 24 heavy (non-hydrogen) atoms. The molecule has 9 nitrogen and oxygen atoms in total. The molecule has 0 atom stereocenters. The summed E-state index contributed by atoms with van der Waals surface area (Å²) < 4.78 is 3.26. The van der Waals surface area contributed by atoms with Gasteiger partial charge in [0.25, 0.3) is 0 Å². The zero-order valence-corrected chi connectivity index (χ0v) is 14.6. The molecule has 2 heterocycles. The first-order chi connectivity index (χ1) is 11.3. The van der Waals surface area contributed by atoms with Crippen molar-refractivity contribution in [1.82, 2.24) is 24.5 Å². The van der Waals surface area contributed by atoms with Crippen molar-refractivity contribution in [2.75, 3.05) is 7.05 Å². The Morgan fingerprint density at radius 3 is 2.46 bits per heavy atom. The van der Waals surface area contributed by atoms with Crippen LogP contribution in [-0.2, 0) is 24.4 Å². The minimum absolute atomic E-state index is 0.0316. The van der Waals surface area contributed by atoms with Crippen LogP contribution >= 0.6 is 0 Å². The molecule has 1 amide bonds. The van der Waals surface area contributed by atoms with Gasteiger partial charge in [0.05, 0.1) is 10.6 Å². The van der Waals surface area contributed by atoms with Crippen LogP contribution in [0.15, 0.2) is 6.20 Å². The van der Waals surface area contributed by atoms with E-state index >= 15 is 0 Å². The summed E-state index contributed by atoms with van der Waals surface area (Å²) >= 11 is 0. The molecule has 0 aliphatic carbocycles. The van der Waals surface area contributed by atoms with Crippen molar-refractivity contribution in [3.8, 4) is 0 Å². The standard InChI is InChI=1S/C15H22N6O3/c1-6-19-11(3)13(10(2)17-19)8-18(5)15(22)9-20-12(4)14(7-16-20)21(23)24/h7H,6,8-9H2,1-5H3. The van der Waals surface area contributed by atoms with E-state index in [4.69, 9.17) is 0 Å². The van der Waals surface area contributed by atoms with Gasteiger partial charge in [0.1, 0.15) is 18.4 Å². The second-order valence-corrected chi connectivity index (χ2v) is 5.74. The topological polar surface area (TPSA) is 99.1 Å². The van der Waals surface area contributed by atoms with E-state index in [1.807, 2.05) is 25.5 Å². The molecular formula is C15H22N6O3. The summed E-state index contributed by atoms with van der Waals surface area (Å²) in [5.74, 6) is -0.167. The summed E-state index contributed by atoms with van der Waals surface area (Å²) in [6.07, 6.45) is 1.17. The number of nitrogens with zero attached hydrogens (tertiary/aromatic N) is 6. The van der Waals surface area contributed by atoms with Gasteiger partial charge in [-0.2, -0.15) is 10.2 Å². The van der Waals surface area contributed by atoms with Crippen LogP contribution in [0.2, 0.25) is 0 Å². The van der Waals surface area contributed by atoms with Crippen molar-refractivity contribution in [2.24, 2.45) is 0 Å². The first-order valence-electron chi connectivity index (χ1n) is 7.69. The first-order valence-corrected chi connectivity index (χ1v) is 7.69. The van der Waals surface area contributed by atoms with E-state index in [0.717, 1.165) is 23.5 Å². The van der Waals surface area contributed by atoms with Gasteiger partial charge in [-0.1, -0.05) is 0 Å². The summed E-state index contributed by atoms with van der Waals surface area (Å²) in [5, 5.41) is 19.2. The molecule has 2 aromatic heterocycles. The van der Waals surface area contributed by atoms with Crippen LogP contribution < -0.4 is 0 Å². The van der Waals surface area contributed by atoms with E-state index in [0.29, 0.717) is 12.2 Å². The van der Waals surface area contributed by atoms with Crippen molar-refractivity contribution < 1.29 is 9.72 Å². The van der Waals surface area contributed by atoms with Crippen molar-refractivity contribution in [2.45, 2.75) is 47.3 Å². The maximum Gasteiger partial charge on any atom is 0.309 e. The summed E-state index contributed by atoms with van der Waals surface area (Å²) in [6.45, 7) is 8.70. The number of likely N-dealkylation sites (N-methyl/N-ethyl adjacent to an activating group) is 1. The average molecular weight is 334 g/mol. The number of aryl methyl sites for hydroxylation is 2. The monoisotopic (exact) mass is 334 g/mol. The zero-order valence-electron chi connectivity index (χ0n) is 14.6. The third kappa shape index (κ3) is 3.29. The summed E-state index contributed by atoms with van der Waals surface area (Å²) in [4.78, 5) is 24.4. The number of hydrogen-bond donors (Lipinski definition) is 0. The van der Waals surface area contributed by atoms with Crippen LogP contribution in [0.3, 0.4) is 0 Å². The van der Waals surface area contributed by atoms with Gasteiger partial charge >= 0.3 is 5.69 Å². The van der Waals surface area contributed by atoms with Crippen LogP contribution in [0.1, 0.15) is 29.6 Å². The van der Waals surface area contributed by atoms with Gasteiger partial charge in [-0.25, -0.2) is 0 Å². The highest BCUT2D eigenvalue weighted by molar-refractivity contribution is 5.75. The minimum Gasteiger partial charge on any atom is -0.340 e. The van der Waals surface area contributed by atoms with Crippen molar-refractivity contribution >= 4 is 11.6 Å². The molecule has 130 valence electrons. The Labute approximate surface area is 140 Å². The average Bonchev–Trinajstić information content (AvgIpc) is 3.01. The van der Waals surface area contributed by atoms with Crippen molar-refractivity contribution in [3.63, 3.8) is 0 Å². The van der Waals surface area contributed by atoms with Gasteiger partial charge in [0.15, 0.2) is 0 Å². The van der Waals surface area contributed by atoms with E-state index in [-0.39, 0.29) is 18.1 Å². The van der Waals surface area contributed by atoms with Gasteiger partial charge in [0.2, 0.25) is 5.91 Å². The van der Waals surface area contributed by atoms with Crippen LogP contribution in [0, 0.1) is 30.9 Å². The highest BCUT2D eigenvalue weighted by atomic mass is 16.6. The maximum atomic E-state index is 12.4. The second kappa shape index (κ2) is 6.81. The van der Waals surface area contributed by atoms with E-state index in [9.17, 15) is 14.9 Å². The summed E-state index contributed by atoms with van der Waals surface area (Å²) in [6, 6.07) is 0. The molecule has 0 saturated carbocycles. The molecule has 0 radical (unpaired) electrons. The molecule has 0 fully saturated rings. The molecule has 0 aliphatic heterocycles. The number of carbonyl (C=O) groups is 1. The molecule has 2 aromatic rings. The number of amides is 1. The van der Waals surface area contributed by atoms with E-state index in [2.05, 4.69) is 10.2 Å². The molecule has 2 rings (SSSR count). The lowest BCUT2D eigenvalue weighted by atomic mass is 10.2. The van der Waals surface area contributed by atoms with Gasteiger partial charge in [-0.05, 0) is 27.7 Å². The fourth-order valence-electron chi connectivity index (χ4n) is 2.62. The quantitative estimate of drug-likeness (QED) is 0.590. The number of hydrogen-bond acceptors (Lipinski definition) is 5. The molecule has 0 bridgehead atoms. The molecule has 0 aliphatic rings. The lowest BCUT2D eigenvalue weighted by molar-refractivity contribution is -0.385. The first kappa shape index (κ1) is 17.6. The van der Waals surface area contributed by atoms with Gasteiger partial charge in [0, 0.05) is 31.4 Å². The zero-order chi connectivity index (χ0) is 18.0. The summed E-state index contributed by atoms with van der Waals surface area (Å²) in [7, 11) is 1.71. The Bertz CT molecular complexity index is 777. The normalized spacial score (nSPS) is 10.9. The lowest BCUT2D eigenvalue weighted by Crippen LogP contribution is -2.30. The van der Waals surface area contributed by atoms with Crippen LogP contribution in [0.4, 0.5) is 5.69 Å². The van der Waals surface area contributed by atoms with Crippen molar-refractivity contribution in [3.05, 3.63) is 39.0 Å². The van der Waals surface area contributed by atoms with Gasteiger partial charge in [-0.15, -0.1) is 0 Å². The SMILES string of the molecule is CCn1nc(C)c(CN(C)C(=O)Cn2ncc([N+](=O)[O-])c2C)c1C. The van der Waals surface area contributed by atoms with Crippen LogP contribution in [-0.4, -0.2) is 42.3 Å². The molecule has 9 heteroatoms. The van der Waals surface area contributed by atoms with E-state index in [1.165, 1.54) is 10.9 Å². The van der Waals surface area contributed by atoms with E-state index in [1.54, 1.807) is 18.9 Å². The van der Waals surface area contributed by atoms with Crippen LogP contribution in [0.5, 0.6) is 0 Å². The van der Waals surface area contributed by atoms with Crippen LogP contribution in [0.25, 0.3) is 0 Å². The fourth-order valence-corrected chi connectivity index (χ4v) is 2.62. The number of carbonyl (C=O) groups excluding carboxylic acids is 1. The Balaban J connectivity index is 2.11. The number of aromatic nitrogens is 4. The molecule has 0 spiro atoms. The van der Waals surface area contributed by atoms with Crippen molar-refractivity contribution in [1.29, 1.82) is 0 Å².